The third kappa shape index (κ3) is 9.44. The van der Waals surface area contributed by atoms with Crippen LogP contribution in [0.5, 0.6) is 0 Å². The normalized spacial score (nSPS) is 23.6. The van der Waals surface area contributed by atoms with Crippen LogP contribution in [0.1, 0.15) is 39.0 Å². The van der Waals surface area contributed by atoms with Gasteiger partial charge in [-0.2, -0.15) is 13.2 Å². The molecule has 1 aliphatic carbocycles. The molecule has 9 heteroatoms. The summed E-state index contributed by atoms with van der Waals surface area (Å²) in [4.78, 5) is 5.44. The molecule has 3 unspecified atom stereocenters. The lowest BCUT2D eigenvalue weighted by Gasteiger charge is -2.30. The first-order valence-electron chi connectivity index (χ1n) is 8.84. The molecule has 1 saturated carbocycles. The van der Waals surface area contributed by atoms with Gasteiger partial charge in [0.15, 0.2) is 5.96 Å². The van der Waals surface area contributed by atoms with Crippen molar-refractivity contribution in [3.05, 3.63) is 0 Å². The Kier molecular flexibility index (Phi) is 9.78. The van der Waals surface area contributed by atoms with E-state index in [1.165, 1.54) is 11.9 Å². The van der Waals surface area contributed by atoms with Gasteiger partial charge in [0.25, 0.3) is 0 Å². The van der Waals surface area contributed by atoms with Gasteiger partial charge in [0.1, 0.15) is 0 Å². The molecule has 0 bridgehead atoms. The summed E-state index contributed by atoms with van der Waals surface area (Å²) in [5, 5.41) is 6.74. The van der Waals surface area contributed by atoms with Crippen LogP contribution >= 0.6 is 0 Å². The molecule has 0 aromatic heterocycles. The van der Waals surface area contributed by atoms with Crippen LogP contribution in [0.25, 0.3) is 0 Å². The second kappa shape index (κ2) is 11.0. The molecule has 25 heavy (non-hydrogen) atoms. The molecule has 3 atom stereocenters. The molecule has 0 spiro atoms. The first kappa shape index (κ1) is 22.2. The summed E-state index contributed by atoms with van der Waals surface area (Å²) in [6.45, 7) is 1.98. The minimum atomic E-state index is -4.16. The maximum absolute atomic E-state index is 12.3. The summed E-state index contributed by atoms with van der Waals surface area (Å²) in [5.74, 6) is 1.35. The lowest BCUT2D eigenvalue weighted by atomic mass is 9.95. The number of hydrogen-bond donors (Lipinski definition) is 2. The Morgan fingerprint density at radius 3 is 2.68 bits per heavy atom. The molecule has 0 heterocycles. The Morgan fingerprint density at radius 1 is 1.36 bits per heavy atom. The maximum Gasteiger partial charge on any atom is 0.401 e. The van der Waals surface area contributed by atoms with E-state index in [0.29, 0.717) is 31.2 Å². The number of rotatable bonds is 8. The lowest BCUT2D eigenvalue weighted by molar-refractivity contribution is -0.143. The van der Waals surface area contributed by atoms with Crippen LogP contribution in [0, 0.1) is 0 Å². The SMILES string of the molecule is CCS(=O)C1CCCC(NC(=NC)NCCCN(C)CC(F)(F)F)C1. The summed E-state index contributed by atoms with van der Waals surface area (Å²) >= 11 is 0. The van der Waals surface area contributed by atoms with Crippen molar-refractivity contribution in [1.29, 1.82) is 0 Å². The van der Waals surface area contributed by atoms with Gasteiger partial charge in [-0.05, 0) is 39.3 Å². The van der Waals surface area contributed by atoms with E-state index >= 15 is 0 Å². The molecule has 0 aliphatic heterocycles. The van der Waals surface area contributed by atoms with Crippen molar-refractivity contribution in [1.82, 2.24) is 15.5 Å². The number of guanidine groups is 1. The predicted octanol–water partition coefficient (Wildman–Crippen LogP) is 2.12. The van der Waals surface area contributed by atoms with Gasteiger partial charge in [0.05, 0.1) is 6.54 Å². The molecule has 5 nitrogen and oxygen atoms in total. The van der Waals surface area contributed by atoms with E-state index in [0.717, 1.165) is 25.7 Å². The minimum absolute atomic E-state index is 0.241. The van der Waals surface area contributed by atoms with E-state index in [4.69, 9.17) is 0 Å². The average Bonchev–Trinajstić information content (AvgIpc) is 2.55. The van der Waals surface area contributed by atoms with Gasteiger partial charge in [0, 0.05) is 41.4 Å². The number of hydrogen-bond acceptors (Lipinski definition) is 3. The second-order valence-corrected chi connectivity index (χ2v) is 8.51. The van der Waals surface area contributed by atoms with Crippen LogP contribution < -0.4 is 10.6 Å². The molecule has 0 aromatic carbocycles. The van der Waals surface area contributed by atoms with Crippen LogP contribution in [-0.4, -0.2) is 72.0 Å². The van der Waals surface area contributed by atoms with E-state index in [-0.39, 0.29) is 11.3 Å². The number of halogens is 3. The first-order chi connectivity index (χ1) is 11.7. The molecule has 0 amide bonds. The molecule has 1 aliphatic rings. The minimum Gasteiger partial charge on any atom is -0.356 e. The largest absolute Gasteiger partial charge is 0.401 e. The fourth-order valence-corrected chi connectivity index (χ4v) is 4.43. The highest BCUT2D eigenvalue weighted by atomic mass is 32.2. The van der Waals surface area contributed by atoms with Crippen molar-refractivity contribution >= 4 is 16.8 Å². The number of nitrogens with zero attached hydrogens (tertiary/aromatic N) is 2. The van der Waals surface area contributed by atoms with E-state index in [9.17, 15) is 17.4 Å². The Hall–Kier alpha value is -0.830. The molecule has 1 rings (SSSR count). The van der Waals surface area contributed by atoms with Crippen LogP contribution in [0.3, 0.4) is 0 Å². The summed E-state index contributed by atoms with van der Waals surface area (Å²) in [7, 11) is 2.38. The van der Waals surface area contributed by atoms with Crippen molar-refractivity contribution in [3.63, 3.8) is 0 Å². The van der Waals surface area contributed by atoms with Crippen molar-refractivity contribution in [2.75, 3.05) is 39.5 Å². The number of nitrogens with one attached hydrogen (secondary N) is 2. The van der Waals surface area contributed by atoms with Crippen molar-refractivity contribution < 1.29 is 17.4 Å². The Balaban J connectivity index is 2.29. The summed E-state index contributed by atoms with van der Waals surface area (Å²) in [6, 6.07) is 0.244. The van der Waals surface area contributed by atoms with E-state index in [1.807, 2.05) is 6.92 Å². The van der Waals surface area contributed by atoms with Crippen molar-refractivity contribution in [3.8, 4) is 0 Å². The Labute approximate surface area is 151 Å². The molecular weight excluding hydrogens is 353 g/mol. The highest BCUT2D eigenvalue weighted by Crippen LogP contribution is 2.23. The lowest BCUT2D eigenvalue weighted by Crippen LogP contribution is -2.47. The zero-order chi connectivity index (χ0) is 18.9. The second-order valence-electron chi connectivity index (χ2n) is 6.50. The van der Waals surface area contributed by atoms with Gasteiger partial charge in [-0.3, -0.25) is 14.1 Å². The average molecular weight is 385 g/mol. The zero-order valence-corrected chi connectivity index (χ0v) is 16.2. The van der Waals surface area contributed by atoms with Crippen LogP contribution in [-0.2, 0) is 10.8 Å². The zero-order valence-electron chi connectivity index (χ0n) is 15.4. The van der Waals surface area contributed by atoms with E-state index < -0.39 is 23.5 Å². The first-order valence-corrected chi connectivity index (χ1v) is 10.2. The quantitative estimate of drug-likeness (QED) is 0.382. The fraction of sp³-hybridized carbons (Fsp3) is 0.938. The Bertz CT molecular complexity index is 446. The smallest absolute Gasteiger partial charge is 0.356 e. The van der Waals surface area contributed by atoms with Gasteiger partial charge in [0.2, 0.25) is 0 Å². The summed E-state index contributed by atoms with van der Waals surface area (Å²) in [5.41, 5.74) is 0. The van der Waals surface area contributed by atoms with E-state index in [1.54, 1.807) is 7.05 Å². The van der Waals surface area contributed by atoms with Crippen LogP contribution in [0.4, 0.5) is 13.2 Å². The number of aliphatic imine (C=N–C) groups is 1. The van der Waals surface area contributed by atoms with Gasteiger partial charge in [-0.15, -0.1) is 0 Å². The van der Waals surface area contributed by atoms with Gasteiger partial charge >= 0.3 is 6.18 Å². The van der Waals surface area contributed by atoms with E-state index in [2.05, 4.69) is 15.6 Å². The van der Waals surface area contributed by atoms with Gasteiger partial charge in [-0.1, -0.05) is 13.3 Å². The molecule has 148 valence electrons. The topological polar surface area (TPSA) is 56.7 Å². The molecule has 0 radical (unpaired) electrons. The van der Waals surface area contributed by atoms with Gasteiger partial charge < -0.3 is 10.6 Å². The molecule has 0 aromatic rings. The standard InChI is InChI=1S/C16H31F3N4OS/c1-4-25(24)14-8-5-7-13(11-14)22-15(20-2)21-9-6-10-23(3)12-16(17,18)19/h13-14H,4-12H2,1-3H3,(H2,20,21,22). The predicted molar refractivity (Wildman–Crippen MR) is 97.4 cm³/mol. The highest BCUT2D eigenvalue weighted by Gasteiger charge is 2.29. The maximum atomic E-state index is 12.3. The third-order valence-electron chi connectivity index (χ3n) is 4.31. The van der Waals surface area contributed by atoms with Gasteiger partial charge in [-0.25, -0.2) is 0 Å². The number of alkyl halides is 3. The molecule has 1 fully saturated rings. The molecule has 2 N–H and O–H groups in total. The summed E-state index contributed by atoms with van der Waals surface area (Å²) in [6.07, 6.45) is 0.391. The third-order valence-corrected chi connectivity index (χ3v) is 6.05. The van der Waals surface area contributed by atoms with Crippen LogP contribution in [0.2, 0.25) is 0 Å². The van der Waals surface area contributed by atoms with Crippen molar-refractivity contribution in [2.24, 2.45) is 4.99 Å². The summed E-state index contributed by atoms with van der Waals surface area (Å²) < 4.78 is 48.8. The Morgan fingerprint density at radius 2 is 2.08 bits per heavy atom. The van der Waals surface area contributed by atoms with Crippen molar-refractivity contribution in [2.45, 2.75) is 56.5 Å². The highest BCUT2D eigenvalue weighted by molar-refractivity contribution is 7.85. The van der Waals surface area contributed by atoms with Crippen LogP contribution in [0.15, 0.2) is 4.99 Å². The fourth-order valence-electron chi connectivity index (χ4n) is 3.08. The molecular formula is C16H31F3N4OS. The molecule has 0 saturated heterocycles. The monoisotopic (exact) mass is 384 g/mol.